The summed E-state index contributed by atoms with van der Waals surface area (Å²) in [7, 11) is -3.74. The lowest BCUT2D eigenvalue weighted by Gasteiger charge is -2.34. The third kappa shape index (κ3) is 3.00. The molecule has 0 bridgehead atoms. The molecule has 0 saturated heterocycles. The molecule has 1 aliphatic carbocycles. The van der Waals surface area contributed by atoms with Crippen LogP contribution >= 0.6 is 11.3 Å². The number of aliphatic hydroxyl groups is 1. The Balaban J connectivity index is 1.78. The first kappa shape index (κ1) is 15.4. The summed E-state index contributed by atoms with van der Waals surface area (Å²) >= 11 is 0.962. The Hall–Kier alpha value is -1.48. The van der Waals surface area contributed by atoms with Crippen molar-refractivity contribution < 1.29 is 13.5 Å². The minimum Gasteiger partial charge on any atom is -0.383 e. The van der Waals surface area contributed by atoms with Gasteiger partial charge in [-0.25, -0.2) is 18.5 Å². The fraction of sp³-hybridized carbons (Fsp3) is 0.357. The van der Waals surface area contributed by atoms with Crippen molar-refractivity contribution in [3.8, 4) is 0 Å². The molecule has 0 fully saturated rings. The number of aryl methyl sites for hydroxylation is 1. The molecule has 0 amide bonds. The number of anilines is 1. The summed E-state index contributed by atoms with van der Waals surface area (Å²) in [5.41, 5.74) is 1.11. The number of hydrogen-bond acceptors (Lipinski definition) is 6. The zero-order valence-corrected chi connectivity index (χ0v) is 13.5. The number of sulfonamides is 1. The molecule has 6 nitrogen and oxygen atoms in total. The van der Waals surface area contributed by atoms with E-state index in [4.69, 9.17) is 5.14 Å². The number of hydrogen-bond donors (Lipinski definition) is 3. The lowest BCUT2D eigenvalue weighted by Crippen LogP contribution is -2.37. The molecule has 0 spiro atoms. The van der Waals surface area contributed by atoms with E-state index in [1.807, 2.05) is 24.3 Å². The molecule has 0 aliphatic heterocycles. The Labute approximate surface area is 133 Å². The van der Waals surface area contributed by atoms with Crippen LogP contribution in [0.5, 0.6) is 0 Å². The van der Waals surface area contributed by atoms with E-state index in [0.717, 1.165) is 35.3 Å². The lowest BCUT2D eigenvalue weighted by molar-refractivity contribution is 0.0323. The molecule has 118 valence electrons. The molecule has 1 aliphatic rings. The Morgan fingerprint density at radius 1 is 1.41 bits per heavy atom. The number of nitrogens with zero attached hydrogens (tertiary/aromatic N) is 1. The van der Waals surface area contributed by atoms with Gasteiger partial charge in [0.2, 0.25) is 10.0 Å². The van der Waals surface area contributed by atoms with E-state index in [-0.39, 0.29) is 10.8 Å². The van der Waals surface area contributed by atoms with E-state index in [9.17, 15) is 13.5 Å². The molecular formula is C14H17N3O3S2. The van der Waals surface area contributed by atoms with Crippen LogP contribution in [0.15, 0.2) is 34.7 Å². The number of primary sulfonamides is 1. The van der Waals surface area contributed by atoms with Gasteiger partial charge in [0.05, 0.1) is 12.7 Å². The number of fused-ring (bicyclic) bond motifs is 1. The predicted molar refractivity (Wildman–Crippen MR) is 85.3 cm³/mol. The topological polar surface area (TPSA) is 105 Å². The van der Waals surface area contributed by atoms with Crippen LogP contribution in [0.1, 0.15) is 24.0 Å². The summed E-state index contributed by atoms with van der Waals surface area (Å²) in [6, 6.07) is 7.85. The highest BCUT2D eigenvalue weighted by atomic mass is 32.2. The summed E-state index contributed by atoms with van der Waals surface area (Å²) in [4.78, 5) is 3.99. The second-order valence-corrected chi connectivity index (χ2v) is 8.24. The molecule has 1 aromatic carbocycles. The molecule has 1 atom stereocenters. The number of nitrogens with two attached hydrogens (primary N) is 1. The highest BCUT2D eigenvalue weighted by molar-refractivity contribution is 7.91. The lowest BCUT2D eigenvalue weighted by atomic mass is 9.79. The van der Waals surface area contributed by atoms with Crippen LogP contribution in [0.3, 0.4) is 0 Å². The van der Waals surface area contributed by atoms with Crippen molar-refractivity contribution in [3.63, 3.8) is 0 Å². The van der Waals surface area contributed by atoms with E-state index in [2.05, 4.69) is 10.3 Å². The summed E-state index contributed by atoms with van der Waals surface area (Å²) < 4.78 is 22.5. The van der Waals surface area contributed by atoms with Crippen molar-refractivity contribution in [3.05, 3.63) is 41.6 Å². The maximum Gasteiger partial charge on any atom is 0.249 e. The molecule has 1 unspecified atom stereocenters. The summed E-state index contributed by atoms with van der Waals surface area (Å²) in [6.45, 7) is 0.279. The van der Waals surface area contributed by atoms with Crippen molar-refractivity contribution in [2.75, 3.05) is 11.9 Å². The molecule has 4 N–H and O–H groups in total. The normalized spacial score (nSPS) is 21.4. The molecule has 2 aromatic rings. The van der Waals surface area contributed by atoms with Crippen molar-refractivity contribution in [1.29, 1.82) is 0 Å². The molecule has 3 rings (SSSR count). The van der Waals surface area contributed by atoms with Gasteiger partial charge in [0.1, 0.15) is 5.60 Å². The first-order chi connectivity index (χ1) is 10.4. The highest BCUT2D eigenvalue weighted by Crippen LogP contribution is 2.35. The molecule has 8 heteroatoms. The SMILES string of the molecule is NS(=O)(=O)c1cnc(NCC2(O)CCCc3ccccc32)s1. The zero-order chi connectivity index (χ0) is 15.8. The third-order valence-corrected chi connectivity index (χ3v) is 6.22. The van der Waals surface area contributed by atoms with Gasteiger partial charge in [-0.1, -0.05) is 35.6 Å². The van der Waals surface area contributed by atoms with Crippen LogP contribution in [0.25, 0.3) is 0 Å². The van der Waals surface area contributed by atoms with Crippen molar-refractivity contribution in [1.82, 2.24) is 4.98 Å². The highest BCUT2D eigenvalue weighted by Gasteiger charge is 2.34. The largest absolute Gasteiger partial charge is 0.383 e. The minimum absolute atomic E-state index is 0.00559. The van der Waals surface area contributed by atoms with E-state index in [0.29, 0.717) is 11.6 Å². The average molecular weight is 339 g/mol. The molecule has 0 saturated carbocycles. The first-order valence-electron chi connectivity index (χ1n) is 6.92. The first-order valence-corrected chi connectivity index (χ1v) is 9.28. The number of benzene rings is 1. The van der Waals surface area contributed by atoms with Gasteiger partial charge in [-0.05, 0) is 30.4 Å². The van der Waals surface area contributed by atoms with E-state index >= 15 is 0 Å². The van der Waals surface area contributed by atoms with Gasteiger partial charge in [-0.15, -0.1) is 0 Å². The minimum atomic E-state index is -3.74. The zero-order valence-electron chi connectivity index (χ0n) is 11.8. The molecule has 0 radical (unpaired) electrons. The number of rotatable bonds is 4. The van der Waals surface area contributed by atoms with Crippen LogP contribution in [-0.2, 0) is 22.0 Å². The average Bonchev–Trinajstić information content (AvgIpc) is 2.95. The third-order valence-electron chi connectivity index (χ3n) is 3.85. The summed E-state index contributed by atoms with van der Waals surface area (Å²) in [5, 5.41) is 19.4. The second-order valence-electron chi connectivity index (χ2n) is 5.43. The van der Waals surface area contributed by atoms with Crippen LogP contribution in [0.2, 0.25) is 0 Å². The Bertz CT molecular complexity index is 788. The maximum absolute atomic E-state index is 11.2. The quantitative estimate of drug-likeness (QED) is 0.781. The van der Waals surface area contributed by atoms with Crippen LogP contribution in [0.4, 0.5) is 5.13 Å². The van der Waals surface area contributed by atoms with Gasteiger partial charge in [0, 0.05) is 0 Å². The van der Waals surface area contributed by atoms with Gasteiger partial charge in [0.25, 0.3) is 0 Å². The molecule has 1 aromatic heterocycles. The fourth-order valence-electron chi connectivity index (χ4n) is 2.78. The predicted octanol–water partition coefficient (Wildman–Crippen LogP) is 1.43. The van der Waals surface area contributed by atoms with Gasteiger partial charge in [-0.2, -0.15) is 0 Å². The van der Waals surface area contributed by atoms with Gasteiger partial charge in [-0.3, -0.25) is 0 Å². The van der Waals surface area contributed by atoms with Crippen molar-refractivity contribution in [2.45, 2.75) is 29.1 Å². The van der Waals surface area contributed by atoms with Gasteiger partial charge < -0.3 is 10.4 Å². The van der Waals surface area contributed by atoms with E-state index in [1.54, 1.807) is 0 Å². The van der Waals surface area contributed by atoms with E-state index < -0.39 is 15.6 Å². The maximum atomic E-state index is 11.2. The fourth-order valence-corrected chi connectivity index (χ4v) is 4.22. The van der Waals surface area contributed by atoms with Gasteiger partial charge >= 0.3 is 0 Å². The number of thiazole rings is 1. The van der Waals surface area contributed by atoms with Crippen LogP contribution in [0, 0.1) is 0 Å². The molecular weight excluding hydrogens is 322 g/mol. The molecule has 22 heavy (non-hydrogen) atoms. The molecule has 1 heterocycles. The van der Waals surface area contributed by atoms with Crippen molar-refractivity contribution >= 4 is 26.5 Å². The monoisotopic (exact) mass is 339 g/mol. The van der Waals surface area contributed by atoms with E-state index in [1.165, 1.54) is 6.20 Å². The standard InChI is InChI=1S/C14H17N3O3S2/c15-22(19,20)12-8-16-13(21-12)17-9-14(18)7-3-5-10-4-1-2-6-11(10)14/h1-2,4,6,8,18H,3,5,7,9H2,(H,16,17)(H2,15,19,20). The summed E-state index contributed by atoms with van der Waals surface area (Å²) in [6.07, 6.45) is 3.76. The summed E-state index contributed by atoms with van der Waals surface area (Å²) in [5.74, 6) is 0. The number of nitrogens with one attached hydrogen (secondary N) is 1. The Morgan fingerprint density at radius 3 is 2.91 bits per heavy atom. The number of aromatic nitrogens is 1. The Kier molecular flexibility index (Phi) is 3.94. The van der Waals surface area contributed by atoms with Crippen LogP contribution < -0.4 is 10.5 Å². The second kappa shape index (κ2) is 5.62. The van der Waals surface area contributed by atoms with Crippen molar-refractivity contribution in [2.24, 2.45) is 5.14 Å². The van der Waals surface area contributed by atoms with Gasteiger partial charge in [0.15, 0.2) is 9.34 Å². The Morgan fingerprint density at radius 2 is 2.18 bits per heavy atom. The smallest absolute Gasteiger partial charge is 0.249 e. The van der Waals surface area contributed by atoms with Crippen LogP contribution in [-0.4, -0.2) is 25.1 Å².